The minimum atomic E-state index is -0.799. The molecule has 0 aromatic carbocycles. The maximum absolute atomic E-state index is 11.5. The molecule has 0 aliphatic heterocycles. The van der Waals surface area contributed by atoms with Crippen LogP contribution in [-0.4, -0.2) is 24.6 Å². The lowest BCUT2D eigenvalue weighted by Crippen LogP contribution is -2.16. The molecule has 2 nitrogen and oxygen atoms in total. The van der Waals surface area contributed by atoms with Crippen LogP contribution in [0.2, 0.25) is 0 Å². The summed E-state index contributed by atoms with van der Waals surface area (Å²) in [6.07, 6.45) is 0. The molecule has 0 aromatic heterocycles. The van der Waals surface area contributed by atoms with Gasteiger partial charge in [0.05, 0.1) is 7.11 Å². The fourth-order valence-electron chi connectivity index (χ4n) is 0.191. The fourth-order valence-corrected chi connectivity index (χ4v) is 0.378. The summed E-state index contributed by atoms with van der Waals surface area (Å²) < 4.78 is 15.7. The zero-order valence-electron chi connectivity index (χ0n) is 4.36. The monoisotopic (exact) mass is 184 g/mol. The standard InChI is InChI=1S/C4H6BrFO2/c1-8-4(7)3(5)2-6/h3H,2H2,1H3/t3-/m1/s1. The van der Waals surface area contributed by atoms with Crippen molar-refractivity contribution in [2.75, 3.05) is 13.8 Å². The van der Waals surface area contributed by atoms with E-state index in [0.29, 0.717) is 0 Å². The summed E-state index contributed by atoms with van der Waals surface area (Å²) in [7, 11) is 1.21. The number of hydrogen-bond donors (Lipinski definition) is 0. The van der Waals surface area contributed by atoms with E-state index in [0.717, 1.165) is 0 Å². The van der Waals surface area contributed by atoms with E-state index in [2.05, 4.69) is 20.7 Å². The second-order valence-corrected chi connectivity index (χ2v) is 2.25. The van der Waals surface area contributed by atoms with Crippen molar-refractivity contribution in [2.24, 2.45) is 0 Å². The Balaban J connectivity index is 3.46. The molecule has 0 aromatic rings. The number of methoxy groups -OCH3 is 1. The summed E-state index contributed by atoms with van der Waals surface area (Å²) >= 11 is 2.75. The van der Waals surface area contributed by atoms with Crippen molar-refractivity contribution < 1.29 is 13.9 Å². The number of ether oxygens (including phenoxy) is 1. The summed E-state index contributed by atoms with van der Waals surface area (Å²) in [5.41, 5.74) is 0. The van der Waals surface area contributed by atoms with Crippen LogP contribution in [0.1, 0.15) is 0 Å². The Bertz CT molecular complexity index is 86.1. The van der Waals surface area contributed by atoms with Gasteiger partial charge in [0.1, 0.15) is 11.5 Å². The van der Waals surface area contributed by atoms with Crippen molar-refractivity contribution in [3.63, 3.8) is 0 Å². The van der Waals surface area contributed by atoms with E-state index in [1.807, 2.05) is 0 Å². The van der Waals surface area contributed by atoms with Crippen LogP contribution in [0, 0.1) is 0 Å². The van der Waals surface area contributed by atoms with Crippen molar-refractivity contribution >= 4 is 21.9 Å². The molecule has 0 bridgehead atoms. The van der Waals surface area contributed by atoms with Crippen LogP contribution < -0.4 is 0 Å². The van der Waals surface area contributed by atoms with E-state index in [1.54, 1.807) is 0 Å². The van der Waals surface area contributed by atoms with Crippen LogP contribution in [0.15, 0.2) is 0 Å². The van der Waals surface area contributed by atoms with Crippen molar-refractivity contribution in [3.8, 4) is 0 Å². The normalized spacial score (nSPS) is 12.9. The first kappa shape index (κ1) is 7.88. The van der Waals surface area contributed by atoms with Gasteiger partial charge >= 0.3 is 5.97 Å². The third-order valence-electron chi connectivity index (χ3n) is 0.592. The van der Waals surface area contributed by atoms with Gasteiger partial charge in [0.25, 0.3) is 0 Å². The maximum Gasteiger partial charge on any atom is 0.322 e. The molecule has 4 heteroatoms. The average Bonchev–Trinajstić information content (AvgIpc) is 1.84. The molecule has 0 spiro atoms. The van der Waals surface area contributed by atoms with Gasteiger partial charge in [-0.3, -0.25) is 4.79 Å². The van der Waals surface area contributed by atoms with Crippen LogP contribution in [0.3, 0.4) is 0 Å². The molecular formula is C4H6BrFO2. The largest absolute Gasteiger partial charge is 0.468 e. The zero-order valence-corrected chi connectivity index (χ0v) is 5.94. The van der Waals surface area contributed by atoms with E-state index < -0.39 is 17.5 Å². The Labute approximate surface area is 55.1 Å². The van der Waals surface area contributed by atoms with E-state index in [4.69, 9.17) is 0 Å². The van der Waals surface area contributed by atoms with Gasteiger partial charge in [0, 0.05) is 0 Å². The number of hydrogen-bond acceptors (Lipinski definition) is 2. The average molecular weight is 185 g/mol. The van der Waals surface area contributed by atoms with Crippen molar-refractivity contribution in [3.05, 3.63) is 0 Å². The first-order valence-corrected chi connectivity index (χ1v) is 2.91. The smallest absolute Gasteiger partial charge is 0.322 e. The molecule has 0 N–H and O–H groups in total. The number of rotatable bonds is 2. The van der Waals surface area contributed by atoms with Crippen molar-refractivity contribution in [1.29, 1.82) is 0 Å². The van der Waals surface area contributed by atoms with E-state index in [1.165, 1.54) is 7.11 Å². The van der Waals surface area contributed by atoms with Crippen molar-refractivity contribution in [1.82, 2.24) is 0 Å². The van der Waals surface area contributed by atoms with Gasteiger partial charge in [-0.2, -0.15) is 0 Å². The van der Waals surface area contributed by atoms with Crippen LogP contribution >= 0.6 is 15.9 Å². The van der Waals surface area contributed by atoms with Gasteiger partial charge in [0.2, 0.25) is 0 Å². The van der Waals surface area contributed by atoms with E-state index >= 15 is 0 Å². The zero-order chi connectivity index (χ0) is 6.57. The Hall–Kier alpha value is -0.120. The molecule has 48 valence electrons. The maximum atomic E-state index is 11.5. The summed E-state index contributed by atoms with van der Waals surface area (Å²) in [5, 5.41) is 0. The Morgan fingerprint density at radius 2 is 2.50 bits per heavy atom. The van der Waals surface area contributed by atoms with Gasteiger partial charge in [0.15, 0.2) is 0 Å². The Kier molecular flexibility index (Phi) is 3.77. The second kappa shape index (κ2) is 3.83. The highest BCUT2D eigenvalue weighted by atomic mass is 79.9. The van der Waals surface area contributed by atoms with Gasteiger partial charge < -0.3 is 4.74 Å². The molecule has 0 saturated carbocycles. The summed E-state index contributed by atoms with van der Waals surface area (Å²) in [6, 6.07) is 0. The molecule has 8 heavy (non-hydrogen) atoms. The highest BCUT2D eigenvalue weighted by Crippen LogP contribution is 2.00. The number of alkyl halides is 2. The number of carbonyl (C=O) groups excluding carboxylic acids is 1. The van der Waals surface area contributed by atoms with E-state index in [-0.39, 0.29) is 0 Å². The number of carbonyl (C=O) groups is 1. The Morgan fingerprint density at radius 3 is 2.62 bits per heavy atom. The third kappa shape index (κ3) is 2.26. The summed E-state index contributed by atoms with van der Waals surface area (Å²) in [6.45, 7) is -0.729. The lowest BCUT2D eigenvalue weighted by atomic mass is 10.5. The molecule has 0 aliphatic rings. The molecule has 1 atom stereocenters. The molecule has 0 aliphatic carbocycles. The minimum absolute atomic E-state index is 0.576. The summed E-state index contributed by atoms with van der Waals surface area (Å²) in [5.74, 6) is -0.576. The quantitative estimate of drug-likeness (QED) is 0.471. The van der Waals surface area contributed by atoms with Crippen molar-refractivity contribution in [2.45, 2.75) is 4.83 Å². The van der Waals surface area contributed by atoms with Gasteiger partial charge in [-0.1, -0.05) is 15.9 Å². The summed E-state index contributed by atoms with van der Waals surface area (Å²) in [4.78, 5) is 9.44. The molecule has 0 unspecified atom stereocenters. The molecule has 0 radical (unpaired) electrons. The predicted molar refractivity (Wildman–Crippen MR) is 30.7 cm³/mol. The van der Waals surface area contributed by atoms with Gasteiger partial charge in [-0.25, -0.2) is 4.39 Å². The third-order valence-corrected chi connectivity index (χ3v) is 1.21. The minimum Gasteiger partial charge on any atom is -0.468 e. The van der Waals surface area contributed by atoms with Crippen LogP contribution in [0.25, 0.3) is 0 Å². The van der Waals surface area contributed by atoms with Crippen LogP contribution in [-0.2, 0) is 9.53 Å². The molecule has 0 heterocycles. The molecule has 0 rings (SSSR count). The van der Waals surface area contributed by atoms with Gasteiger partial charge in [-0.05, 0) is 0 Å². The topological polar surface area (TPSA) is 26.3 Å². The highest BCUT2D eigenvalue weighted by molar-refractivity contribution is 9.10. The lowest BCUT2D eigenvalue weighted by molar-refractivity contribution is -0.140. The lowest BCUT2D eigenvalue weighted by Gasteiger charge is -1.99. The molecular weight excluding hydrogens is 179 g/mol. The van der Waals surface area contributed by atoms with Crippen LogP contribution in [0.4, 0.5) is 4.39 Å². The number of esters is 1. The number of halogens is 2. The second-order valence-electron chi connectivity index (χ2n) is 1.14. The molecule has 0 fully saturated rings. The highest BCUT2D eigenvalue weighted by Gasteiger charge is 2.13. The molecule has 0 amide bonds. The first-order valence-electron chi connectivity index (χ1n) is 2.00. The van der Waals surface area contributed by atoms with Crippen LogP contribution in [0.5, 0.6) is 0 Å². The van der Waals surface area contributed by atoms with Gasteiger partial charge in [-0.15, -0.1) is 0 Å². The first-order chi connectivity index (χ1) is 3.72. The Morgan fingerprint density at radius 1 is 2.00 bits per heavy atom. The van der Waals surface area contributed by atoms with E-state index in [9.17, 15) is 9.18 Å². The molecule has 0 saturated heterocycles. The predicted octanol–water partition coefficient (Wildman–Crippen LogP) is 0.892. The fraction of sp³-hybridized carbons (Fsp3) is 0.750. The SMILES string of the molecule is COC(=O)[C@H](Br)CF.